The van der Waals surface area contributed by atoms with Crippen molar-refractivity contribution in [3.05, 3.63) is 10.4 Å². The topological polar surface area (TPSA) is 94.0 Å². The van der Waals surface area contributed by atoms with E-state index in [-0.39, 0.29) is 11.5 Å². The Bertz CT molecular complexity index is 818. The zero-order chi connectivity index (χ0) is 15.7. The minimum atomic E-state index is -0.200. The van der Waals surface area contributed by atoms with Crippen molar-refractivity contribution in [1.82, 2.24) is 24.4 Å². The molecule has 0 bridgehead atoms. The van der Waals surface area contributed by atoms with Crippen LogP contribution < -0.4 is 21.5 Å². The van der Waals surface area contributed by atoms with Gasteiger partial charge in [0.15, 0.2) is 11.2 Å². The van der Waals surface area contributed by atoms with Gasteiger partial charge in [0.2, 0.25) is 11.9 Å². The number of anilines is 2. The number of hydrogen-bond donors (Lipinski definition) is 2. The third kappa shape index (κ3) is 2.29. The van der Waals surface area contributed by atoms with E-state index < -0.39 is 0 Å². The highest BCUT2D eigenvalue weighted by Gasteiger charge is 2.22. The van der Waals surface area contributed by atoms with Crippen LogP contribution in [-0.2, 0) is 13.6 Å². The SMILES string of the molecule is CC#CCn1c(N2CCNCC2)nc2nc(N)n(C)c(=O)c21. The minimum absolute atomic E-state index is 0.163. The van der Waals surface area contributed by atoms with E-state index in [0.717, 1.165) is 32.1 Å². The summed E-state index contributed by atoms with van der Waals surface area (Å²) in [5, 5.41) is 3.30. The smallest absolute Gasteiger partial charge is 0.281 e. The summed E-state index contributed by atoms with van der Waals surface area (Å²) in [5.74, 6) is 6.76. The second-order valence-electron chi connectivity index (χ2n) is 5.17. The van der Waals surface area contributed by atoms with Gasteiger partial charge in [0.05, 0.1) is 6.54 Å². The first kappa shape index (κ1) is 14.4. The Kier molecular flexibility index (Phi) is 3.73. The predicted octanol–water partition coefficient (Wildman–Crippen LogP) is -0.855. The van der Waals surface area contributed by atoms with Crippen molar-refractivity contribution in [3.8, 4) is 11.8 Å². The van der Waals surface area contributed by atoms with Crippen LogP contribution in [0.3, 0.4) is 0 Å². The van der Waals surface area contributed by atoms with Gasteiger partial charge in [-0.2, -0.15) is 9.97 Å². The quantitative estimate of drug-likeness (QED) is 0.702. The van der Waals surface area contributed by atoms with Gasteiger partial charge in [-0.05, 0) is 6.92 Å². The first-order chi connectivity index (χ1) is 10.6. The molecule has 3 heterocycles. The van der Waals surface area contributed by atoms with Gasteiger partial charge in [-0.25, -0.2) is 0 Å². The Hall–Kier alpha value is -2.53. The molecule has 0 atom stereocenters. The molecule has 1 aliphatic rings. The van der Waals surface area contributed by atoms with Crippen LogP contribution in [0.4, 0.5) is 11.9 Å². The molecular formula is C14H19N7O. The summed E-state index contributed by atoms with van der Waals surface area (Å²) in [7, 11) is 1.61. The van der Waals surface area contributed by atoms with E-state index in [1.807, 2.05) is 4.57 Å². The van der Waals surface area contributed by atoms with Crippen LogP contribution in [0.2, 0.25) is 0 Å². The molecule has 3 rings (SSSR count). The lowest BCUT2D eigenvalue weighted by Crippen LogP contribution is -2.44. The number of imidazole rings is 1. The van der Waals surface area contributed by atoms with Crippen LogP contribution in [0, 0.1) is 11.8 Å². The number of nitrogen functional groups attached to an aromatic ring is 1. The number of fused-ring (bicyclic) bond motifs is 1. The van der Waals surface area contributed by atoms with Gasteiger partial charge in [0, 0.05) is 33.2 Å². The highest BCUT2D eigenvalue weighted by Crippen LogP contribution is 2.20. The average Bonchev–Trinajstić information content (AvgIpc) is 2.90. The molecule has 116 valence electrons. The summed E-state index contributed by atoms with van der Waals surface area (Å²) in [5.41, 5.74) is 6.41. The lowest BCUT2D eigenvalue weighted by atomic mass is 10.4. The van der Waals surface area contributed by atoms with Gasteiger partial charge in [-0.3, -0.25) is 13.9 Å². The second kappa shape index (κ2) is 5.69. The summed E-state index contributed by atoms with van der Waals surface area (Å²) in [6.45, 7) is 5.62. The average molecular weight is 301 g/mol. The highest BCUT2D eigenvalue weighted by molar-refractivity contribution is 5.75. The molecule has 0 spiro atoms. The van der Waals surface area contributed by atoms with Crippen LogP contribution >= 0.6 is 0 Å². The van der Waals surface area contributed by atoms with E-state index in [1.54, 1.807) is 14.0 Å². The van der Waals surface area contributed by atoms with Gasteiger partial charge >= 0.3 is 0 Å². The Balaban J connectivity index is 2.23. The second-order valence-corrected chi connectivity index (χ2v) is 5.17. The zero-order valence-electron chi connectivity index (χ0n) is 12.8. The molecule has 2 aromatic heterocycles. The number of rotatable bonds is 2. The first-order valence-electron chi connectivity index (χ1n) is 7.21. The lowest BCUT2D eigenvalue weighted by Gasteiger charge is -2.28. The van der Waals surface area contributed by atoms with Crippen LogP contribution in [0.5, 0.6) is 0 Å². The van der Waals surface area contributed by atoms with E-state index in [9.17, 15) is 4.79 Å². The van der Waals surface area contributed by atoms with E-state index in [4.69, 9.17) is 5.73 Å². The Morgan fingerprint density at radius 2 is 2.05 bits per heavy atom. The molecule has 0 unspecified atom stereocenters. The lowest BCUT2D eigenvalue weighted by molar-refractivity contribution is 0.573. The van der Waals surface area contributed by atoms with E-state index >= 15 is 0 Å². The van der Waals surface area contributed by atoms with Crippen LogP contribution in [-0.4, -0.2) is 45.3 Å². The summed E-state index contributed by atoms with van der Waals surface area (Å²) in [4.78, 5) is 23.5. The Labute approximate surface area is 127 Å². The molecule has 0 saturated carbocycles. The molecule has 8 heteroatoms. The molecule has 0 aliphatic carbocycles. The molecule has 0 aromatic carbocycles. The fraction of sp³-hybridized carbons (Fsp3) is 0.500. The van der Waals surface area contributed by atoms with Crippen molar-refractivity contribution in [2.45, 2.75) is 13.5 Å². The fourth-order valence-corrected chi connectivity index (χ4v) is 2.58. The van der Waals surface area contributed by atoms with Gasteiger partial charge in [0.25, 0.3) is 5.56 Å². The zero-order valence-corrected chi connectivity index (χ0v) is 12.8. The summed E-state index contributed by atoms with van der Waals surface area (Å²) in [6, 6.07) is 0. The number of aromatic nitrogens is 4. The Morgan fingerprint density at radius 1 is 1.32 bits per heavy atom. The highest BCUT2D eigenvalue weighted by atomic mass is 16.1. The number of hydrogen-bond acceptors (Lipinski definition) is 6. The van der Waals surface area contributed by atoms with Crippen molar-refractivity contribution in [3.63, 3.8) is 0 Å². The monoisotopic (exact) mass is 301 g/mol. The van der Waals surface area contributed by atoms with Crippen molar-refractivity contribution >= 4 is 23.1 Å². The number of piperazine rings is 1. The van der Waals surface area contributed by atoms with Crippen molar-refractivity contribution < 1.29 is 0 Å². The molecule has 2 aromatic rings. The van der Waals surface area contributed by atoms with Crippen LogP contribution in [0.1, 0.15) is 6.92 Å². The van der Waals surface area contributed by atoms with E-state index in [1.165, 1.54) is 4.57 Å². The molecule has 0 radical (unpaired) electrons. The maximum Gasteiger partial charge on any atom is 0.281 e. The van der Waals surface area contributed by atoms with Gasteiger partial charge < -0.3 is 16.0 Å². The third-order valence-corrected chi connectivity index (χ3v) is 3.81. The largest absolute Gasteiger partial charge is 0.369 e. The fourth-order valence-electron chi connectivity index (χ4n) is 2.58. The van der Waals surface area contributed by atoms with Crippen molar-refractivity contribution in [1.29, 1.82) is 0 Å². The number of nitrogens with one attached hydrogen (secondary N) is 1. The van der Waals surface area contributed by atoms with Crippen LogP contribution in [0.25, 0.3) is 11.2 Å². The van der Waals surface area contributed by atoms with Crippen molar-refractivity contribution in [2.75, 3.05) is 36.8 Å². The summed E-state index contributed by atoms with van der Waals surface area (Å²) in [6.07, 6.45) is 0. The molecule has 22 heavy (non-hydrogen) atoms. The molecule has 3 N–H and O–H groups in total. The molecular weight excluding hydrogens is 282 g/mol. The summed E-state index contributed by atoms with van der Waals surface area (Å²) < 4.78 is 3.17. The minimum Gasteiger partial charge on any atom is -0.369 e. The van der Waals surface area contributed by atoms with E-state index in [2.05, 4.69) is 32.0 Å². The predicted molar refractivity (Wildman–Crippen MR) is 85.7 cm³/mol. The van der Waals surface area contributed by atoms with Crippen molar-refractivity contribution in [2.24, 2.45) is 7.05 Å². The van der Waals surface area contributed by atoms with Gasteiger partial charge in [0.1, 0.15) is 0 Å². The molecule has 1 fully saturated rings. The normalized spacial score (nSPS) is 14.9. The first-order valence-corrected chi connectivity index (χ1v) is 7.21. The molecule has 1 aliphatic heterocycles. The standard InChI is InChI=1S/C14H19N7O/c1-3-4-7-21-10-11(17-13(15)19(2)12(10)22)18-14(21)20-8-5-16-6-9-20/h16H,5-9H2,1-2H3,(H2,15,17). The summed E-state index contributed by atoms with van der Waals surface area (Å²) >= 11 is 0. The molecule has 0 amide bonds. The maximum atomic E-state index is 12.5. The van der Waals surface area contributed by atoms with E-state index in [0.29, 0.717) is 17.7 Å². The third-order valence-electron chi connectivity index (χ3n) is 3.81. The molecule has 8 nitrogen and oxygen atoms in total. The Morgan fingerprint density at radius 3 is 2.73 bits per heavy atom. The number of nitrogens with two attached hydrogens (primary N) is 1. The number of nitrogens with zero attached hydrogens (tertiary/aromatic N) is 5. The molecule has 1 saturated heterocycles. The van der Waals surface area contributed by atoms with Gasteiger partial charge in [-0.1, -0.05) is 5.92 Å². The van der Waals surface area contributed by atoms with Crippen LogP contribution in [0.15, 0.2) is 4.79 Å². The maximum absolute atomic E-state index is 12.5. The van der Waals surface area contributed by atoms with Gasteiger partial charge in [-0.15, -0.1) is 5.92 Å².